The average molecular weight is 502 g/mol. The minimum Gasteiger partial charge on any atom is -0.358 e. The molecule has 1 aliphatic heterocycles. The fraction of sp³-hybridized carbons (Fsp3) is 0.630. The summed E-state index contributed by atoms with van der Waals surface area (Å²) in [6.45, 7) is 9.64. The lowest BCUT2D eigenvalue weighted by Gasteiger charge is -2.42. The van der Waals surface area contributed by atoms with Gasteiger partial charge in [0.25, 0.3) is 5.92 Å². The van der Waals surface area contributed by atoms with Gasteiger partial charge in [0.2, 0.25) is 11.8 Å². The van der Waals surface area contributed by atoms with E-state index in [2.05, 4.69) is 41.4 Å². The van der Waals surface area contributed by atoms with Gasteiger partial charge in [-0.25, -0.2) is 18.7 Å². The maximum atomic E-state index is 13.9. The van der Waals surface area contributed by atoms with Crippen molar-refractivity contribution in [1.82, 2.24) is 20.2 Å². The van der Waals surface area contributed by atoms with E-state index in [0.717, 1.165) is 32.6 Å². The Morgan fingerprint density at radius 1 is 1.14 bits per heavy atom. The predicted octanol–water partition coefficient (Wildman–Crippen LogP) is 4.86. The molecule has 0 spiro atoms. The Kier molecular flexibility index (Phi) is 7.21. The summed E-state index contributed by atoms with van der Waals surface area (Å²) in [6.07, 6.45) is 5.74. The molecule has 2 N–H and O–H groups in total. The number of aromatic nitrogens is 2. The van der Waals surface area contributed by atoms with Gasteiger partial charge in [-0.2, -0.15) is 0 Å². The van der Waals surface area contributed by atoms with Crippen LogP contribution in [0.5, 0.6) is 0 Å². The lowest BCUT2D eigenvalue weighted by Crippen LogP contribution is -2.55. The van der Waals surface area contributed by atoms with Gasteiger partial charge in [0, 0.05) is 37.4 Å². The van der Waals surface area contributed by atoms with Crippen molar-refractivity contribution in [2.45, 2.75) is 90.8 Å². The first-order chi connectivity index (χ1) is 16.8. The van der Waals surface area contributed by atoms with E-state index in [4.69, 9.17) is 0 Å². The van der Waals surface area contributed by atoms with Crippen LogP contribution in [0.15, 0.2) is 24.5 Å². The van der Waals surface area contributed by atoms with Crippen molar-refractivity contribution in [3.05, 3.63) is 30.1 Å². The van der Waals surface area contributed by atoms with Gasteiger partial charge in [-0.1, -0.05) is 26.8 Å². The number of alkyl halides is 2. The zero-order valence-corrected chi connectivity index (χ0v) is 21.8. The first-order valence-corrected chi connectivity index (χ1v) is 12.8. The molecule has 1 aromatic carbocycles. The highest BCUT2D eigenvalue weighted by Crippen LogP contribution is 2.37. The molecule has 0 unspecified atom stereocenters. The quantitative estimate of drug-likeness (QED) is 0.590. The summed E-state index contributed by atoms with van der Waals surface area (Å²) in [5, 5.41) is 6.77. The molecule has 196 valence electrons. The lowest BCUT2D eigenvalue weighted by molar-refractivity contribution is -0.133. The third-order valence-corrected chi connectivity index (χ3v) is 7.31. The molecule has 4 rings (SSSR count). The molecule has 0 bridgehead atoms. The summed E-state index contributed by atoms with van der Waals surface area (Å²) in [4.78, 5) is 35.8. The molecule has 1 saturated heterocycles. The van der Waals surface area contributed by atoms with Crippen LogP contribution in [0, 0.1) is 11.3 Å². The first kappa shape index (κ1) is 26.2. The van der Waals surface area contributed by atoms with Crippen molar-refractivity contribution in [3.63, 3.8) is 0 Å². The fourth-order valence-corrected chi connectivity index (χ4v) is 5.86. The zero-order valence-electron chi connectivity index (χ0n) is 21.8. The number of anilines is 1. The van der Waals surface area contributed by atoms with Crippen LogP contribution >= 0.6 is 0 Å². The molecule has 2 aliphatic rings. The number of carbonyl (C=O) groups is 2. The van der Waals surface area contributed by atoms with Crippen LogP contribution in [0.25, 0.3) is 10.9 Å². The topological polar surface area (TPSA) is 87.2 Å². The number of halogens is 2. The van der Waals surface area contributed by atoms with Crippen molar-refractivity contribution < 1.29 is 18.4 Å². The van der Waals surface area contributed by atoms with E-state index in [9.17, 15) is 18.4 Å². The molecule has 4 atom stereocenters. The molecule has 2 fully saturated rings. The second-order valence-electron chi connectivity index (χ2n) is 11.7. The molecule has 1 saturated carbocycles. The number of hydrogen-bond acceptors (Lipinski definition) is 5. The third kappa shape index (κ3) is 5.93. The summed E-state index contributed by atoms with van der Waals surface area (Å²) < 4.78 is 27.9. The maximum absolute atomic E-state index is 13.9. The summed E-state index contributed by atoms with van der Waals surface area (Å²) in [6, 6.07) is 3.64. The van der Waals surface area contributed by atoms with Gasteiger partial charge in [0.05, 0.1) is 11.6 Å². The number of hydrogen-bond donors (Lipinski definition) is 2. The van der Waals surface area contributed by atoms with Crippen LogP contribution in [-0.4, -0.2) is 51.4 Å². The van der Waals surface area contributed by atoms with Gasteiger partial charge < -0.3 is 15.5 Å². The van der Waals surface area contributed by atoms with Crippen LogP contribution < -0.4 is 10.6 Å². The van der Waals surface area contributed by atoms with Gasteiger partial charge in [0.1, 0.15) is 18.2 Å². The SMILES string of the molecule is CC(=O)N[C@@H]1C[C@H](CC(C)(C)C)CC[C@@H]1N1CC[C@H](Nc2ncnc3ccc(C(C)(F)F)cc23)C1=O. The number of amides is 2. The summed E-state index contributed by atoms with van der Waals surface area (Å²) in [5.74, 6) is -2.25. The molecular weight excluding hydrogens is 464 g/mol. The van der Waals surface area contributed by atoms with Crippen LogP contribution in [0.4, 0.5) is 14.6 Å². The van der Waals surface area contributed by atoms with Crippen molar-refractivity contribution in [3.8, 4) is 0 Å². The van der Waals surface area contributed by atoms with Crippen molar-refractivity contribution in [2.75, 3.05) is 11.9 Å². The molecule has 1 aromatic heterocycles. The van der Waals surface area contributed by atoms with Crippen molar-refractivity contribution in [2.24, 2.45) is 11.3 Å². The highest BCUT2D eigenvalue weighted by Gasteiger charge is 2.42. The van der Waals surface area contributed by atoms with E-state index in [1.54, 1.807) is 6.07 Å². The minimum absolute atomic E-state index is 0.0478. The Morgan fingerprint density at radius 3 is 2.56 bits per heavy atom. The second-order valence-corrected chi connectivity index (χ2v) is 11.7. The Labute approximate surface area is 211 Å². The summed E-state index contributed by atoms with van der Waals surface area (Å²) in [5.41, 5.74) is 0.613. The predicted molar refractivity (Wildman–Crippen MR) is 136 cm³/mol. The van der Waals surface area contributed by atoms with Gasteiger partial charge >= 0.3 is 0 Å². The first-order valence-electron chi connectivity index (χ1n) is 12.8. The number of rotatable bonds is 6. The number of carbonyl (C=O) groups excluding carboxylic acids is 2. The van der Waals surface area contributed by atoms with Crippen LogP contribution in [0.3, 0.4) is 0 Å². The largest absolute Gasteiger partial charge is 0.358 e. The van der Waals surface area contributed by atoms with Crippen LogP contribution in [0.1, 0.15) is 72.3 Å². The fourth-order valence-electron chi connectivity index (χ4n) is 5.86. The Hall–Kier alpha value is -2.84. The van der Waals surface area contributed by atoms with E-state index < -0.39 is 12.0 Å². The number of nitrogens with one attached hydrogen (secondary N) is 2. The second kappa shape index (κ2) is 9.90. The molecule has 2 heterocycles. The number of benzene rings is 1. The average Bonchev–Trinajstić information content (AvgIpc) is 3.11. The normalized spacial score (nSPS) is 25.3. The highest BCUT2D eigenvalue weighted by atomic mass is 19.3. The smallest absolute Gasteiger partial charge is 0.270 e. The Balaban J connectivity index is 1.51. The van der Waals surface area contributed by atoms with Crippen molar-refractivity contribution >= 4 is 28.5 Å². The highest BCUT2D eigenvalue weighted by molar-refractivity contribution is 5.93. The number of likely N-dealkylation sites (tertiary alicyclic amines) is 1. The van der Waals surface area contributed by atoms with Gasteiger partial charge in [-0.05, 0) is 55.6 Å². The summed E-state index contributed by atoms with van der Waals surface area (Å²) >= 11 is 0. The van der Waals surface area contributed by atoms with Crippen LogP contribution in [0.2, 0.25) is 0 Å². The van der Waals surface area contributed by atoms with Gasteiger partial charge in [0.15, 0.2) is 0 Å². The van der Waals surface area contributed by atoms with Gasteiger partial charge in [-0.3, -0.25) is 9.59 Å². The van der Waals surface area contributed by atoms with E-state index in [1.165, 1.54) is 25.4 Å². The molecule has 2 amide bonds. The molecule has 36 heavy (non-hydrogen) atoms. The van der Waals surface area contributed by atoms with E-state index in [1.807, 2.05) is 4.90 Å². The van der Waals surface area contributed by atoms with E-state index in [-0.39, 0.29) is 34.9 Å². The molecule has 0 radical (unpaired) electrons. The monoisotopic (exact) mass is 501 g/mol. The van der Waals surface area contributed by atoms with E-state index in [0.29, 0.717) is 35.6 Å². The number of fused-ring (bicyclic) bond motifs is 1. The maximum Gasteiger partial charge on any atom is 0.270 e. The van der Waals surface area contributed by atoms with E-state index >= 15 is 0 Å². The number of nitrogens with zero attached hydrogens (tertiary/aromatic N) is 3. The minimum atomic E-state index is -2.99. The van der Waals surface area contributed by atoms with Crippen LogP contribution in [-0.2, 0) is 15.5 Å². The third-order valence-electron chi connectivity index (χ3n) is 7.31. The molecule has 9 heteroatoms. The Morgan fingerprint density at radius 2 is 1.89 bits per heavy atom. The van der Waals surface area contributed by atoms with Crippen molar-refractivity contribution in [1.29, 1.82) is 0 Å². The molecule has 1 aliphatic carbocycles. The molecule has 2 aromatic rings. The summed E-state index contributed by atoms with van der Waals surface area (Å²) in [7, 11) is 0. The molecular formula is C27H37F2N5O2. The Bertz CT molecular complexity index is 1130. The lowest BCUT2D eigenvalue weighted by atomic mass is 9.74. The van der Waals surface area contributed by atoms with Gasteiger partial charge in [-0.15, -0.1) is 0 Å². The molecule has 7 nitrogen and oxygen atoms in total. The zero-order chi connectivity index (χ0) is 26.3. The standard InChI is InChI=1S/C27H37F2N5O2/c1-16(35)32-22-12-17(14-26(2,3)4)6-9-23(22)34-11-10-21(25(34)36)33-24-19-13-18(27(5,28)29)7-8-20(19)30-15-31-24/h7-8,13,15,17,21-23H,6,9-12,14H2,1-5H3,(H,32,35)(H,30,31,33)/t17-,21+,22-,23+/m1/s1.